The van der Waals surface area contributed by atoms with Crippen LogP contribution >= 0.6 is 12.4 Å². The normalized spacial score (nSPS) is 4.75. The Morgan fingerprint density at radius 1 is 1.75 bits per heavy atom. The van der Waals surface area contributed by atoms with E-state index in [1.165, 1.54) is 3.93 Å². The molecule has 0 fully saturated rings. The first-order valence-corrected chi connectivity index (χ1v) is 5.09. The van der Waals surface area contributed by atoms with Crippen molar-refractivity contribution in [2.75, 3.05) is 0 Å². The summed E-state index contributed by atoms with van der Waals surface area (Å²) < 4.78 is 1.44. The van der Waals surface area contributed by atoms with E-state index in [-0.39, 0.29) is 12.4 Å². The molecule has 0 radical (unpaired) electrons. The summed E-state index contributed by atoms with van der Waals surface area (Å²) in [6, 6.07) is 0. The van der Waals surface area contributed by atoms with Crippen LogP contribution in [0.15, 0.2) is 0 Å². The number of hydrogen-bond acceptors (Lipinski definition) is 0. The van der Waals surface area contributed by atoms with Crippen LogP contribution in [-0.2, 0) is 26.1 Å². The van der Waals surface area contributed by atoms with Gasteiger partial charge in [-0.15, -0.1) is 12.4 Å². The fourth-order valence-corrected chi connectivity index (χ4v) is 0. The van der Waals surface area contributed by atoms with E-state index in [0.717, 1.165) is 26.1 Å². The Balaban J connectivity index is 0. The molecular formula is C2H6ClHg. The van der Waals surface area contributed by atoms with Gasteiger partial charge in [0, 0.05) is 0 Å². The second kappa shape index (κ2) is 8.88. The molecule has 0 aliphatic carbocycles. The van der Waals surface area contributed by atoms with Gasteiger partial charge in [-0.2, -0.15) is 0 Å². The fraction of sp³-hybridized carbons (Fsp3) is 1.00. The molecule has 0 aliphatic heterocycles. The molecule has 0 aromatic rings. The molecule has 0 saturated carbocycles. The molecule has 0 aromatic carbocycles. The molecule has 0 rings (SSSR count). The molecule has 0 atom stereocenters. The average Bonchev–Trinajstić information content (AvgIpc) is 0.918. The molecule has 0 amide bonds. The third-order valence-corrected chi connectivity index (χ3v) is 0. The summed E-state index contributed by atoms with van der Waals surface area (Å²) in [6.45, 7) is 2.21. The molecule has 0 N–H and O–H groups in total. The Morgan fingerprint density at radius 3 is 1.75 bits per heavy atom. The van der Waals surface area contributed by atoms with Crippen molar-refractivity contribution >= 4 is 12.4 Å². The minimum atomic E-state index is 0. The fourth-order valence-electron chi connectivity index (χ4n) is 0. The van der Waals surface area contributed by atoms with Crippen LogP contribution in [0, 0.1) is 0 Å². The standard InChI is InChI=1S/C2H5.ClH.Hg/c1-2;;/h1H2,2H3;1H;. The molecule has 2 heteroatoms. The Kier molecular flexibility index (Phi) is 19.9. The van der Waals surface area contributed by atoms with Gasteiger partial charge in [0.15, 0.2) is 0 Å². The molecule has 0 bridgehead atoms. The number of hydrogen-bond donors (Lipinski definition) is 0. The zero-order valence-corrected chi connectivity index (χ0v) is 9.14. The SMILES string of the molecule is C[CH2][Hg].Cl. The largest absolute Gasteiger partial charge is 0.147 e. The third-order valence-electron chi connectivity index (χ3n) is 0. The molecule has 0 heterocycles. The molecule has 4 heavy (non-hydrogen) atoms. The molecule has 0 aromatic heterocycles. The third kappa shape index (κ3) is 10.6. The van der Waals surface area contributed by atoms with E-state index in [0.29, 0.717) is 0 Å². The zero-order chi connectivity index (χ0) is 2.71. The van der Waals surface area contributed by atoms with Crippen LogP contribution in [0.25, 0.3) is 0 Å². The minimum Gasteiger partial charge on any atom is -0.147 e. The van der Waals surface area contributed by atoms with Gasteiger partial charge in [-0.25, -0.2) is 0 Å². The van der Waals surface area contributed by atoms with E-state index in [1.54, 1.807) is 0 Å². The van der Waals surface area contributed by atoms with Gasteiger partial charge in [0.25, 0.3) is 0 Å². The van der Waals surface area contributed by atoms with Gasteiger partial charge >= 0.3 is 37.0 Å². The molecule has 0 aliphatic rings. The van der Waals surface area contributed by atoms with Gasteiger partial charge in [-0.05, 0) is 0 Å². The Labute approximate surface area is 49.3 Å². The molecule has 0 spiro atoms. The number of rotatable bonds is 0. The van der Waals surface area contributed by atoms with Gasteiger partial charge < -0.3 is 0 Å². The van der Waals surface area contributed by atoms with Crippen LogP contribution in [0.4, 0.5) is 0 Å². The Bertz CT molecular complexity index is 6.00. The first-order valence-electron chi connectivity index (χ1n) is 1.21. The van der Waals surface area contributed by atoms with Crippen LogP contribution in [0.2, 0.25) is 3.93 Å². The van der Waals surface area contributed by atoms with Gasteiger partial charge in [0.1, 0.15) is 0 Å². The van der Waals surface area contributed by atoms with E-state index < -0.39 is 0 Å². The minimum absolute atomic E-state index is 0. The molecule has 0 nitrogen and oxygen atoms in total. The summed E-state index contributed by atoms with van der Waals surface area (Å²) in [5.41, 5.74) is 0. The maximum Gasteiger partial charge on any atom is -0.147 e. The van der Waals surface area contributed by atoms with Crippen molar-refractivity contribution in [1.29, 1.82) is 0 Å². The van der Waals surface area contributed by atoms with Crippen molar-refractivity contribution in [3.05, 3.63) is 0 Å². The van der Waals surface area contributed by atoms with Gasteiger partial charge in [-0.3, -0.25) is 0 Å². The van der Waals surface area contributed by atoms with Gasteiger partial charge in [0.05, 0.1) is 0 Å². The maximum atomic E-state index is 2.21. The van der Waals surface area contributed by atoms with Crippen LogP contribution in [-0.4, -0.2) is 0 Å². The van der Waals surface area contributed by atoms with Gasteiger partial charge in [0.2, 0.25) is 0 Å². The van der Waals surface area contributed by atoms with Crippen molar-refractivity contribution in [3.63, 3.8) is 0 Å². The summed E-state index contributed by atoms with van der Waals surface area (Å²) in [4.78, 5) is 0. The van der Waals surface area contributed by atoms with Crippen molar-refractivity contribution in [3.8, 4) is 0 Å². The molecule has 23 valence electrons. The summed E-state index contributed by atoms with van der Waals surface area (Å²) >= 11 is 1.07. The Morgan fingerprint density at radius 2 is 1.75 bits per heavy atom. The van der Waals surface area contributed by atoms with Crippen molar-refractivity contribution in [2.24, 2.45) is 0 Å². The van der Waals surface area contributed by atoms with Crippen molar-refractivity contribution in [1.82, 2.24) is 0 Å². The average molecular weight is 266 g/mol. The summed E-state index contributed by atoms with van der Waals surface area (Å²) in [5.74, 6) is 0. The van der Waals surface area contributed by atoms with Crippen LogP contribution < -0.4 is 0 Å². The Hall–Kier alpha value is 1.23. The smallest absolute Gasteiger partial charge is 0.147 e. The molecule has 0 saturated heterocycles. The second-order valence-corrected chi connectivity index (χ2v) is 4.39. The predicted octanol–water partition coefficient (Wildman–Crippen LogP) is 1.39. The predicted molar refractivity (Wildman–Crippen MR) is 17.7 cm³/mol. The van der Waals surface area contributed by atoms with Crippen molar-refractivity contribution < 1.29 is 26.1 Å². The topological polar surface area (TPSA) is 0 Å². The molecular weight excluding hydrogens is 260 g/mol. The number of halogens is 1. The van der Waals surface area contributed by atoms with E-state index in [9.17, 15) is 0 Å². The summed E-state index contributed by atoms with van der Waals surface area (Å²) in [5, 5.41) is 0. The summed E-state index contributed by atoms with van der Waals surface area (Å²) in [6.07, 6.45) is 0. The van der Waals surface area contributed by atoms with Gasteiger partial charge in [-0.1, -0.05) is 0 Å². The second-order valence-electron chi connectivity index (χ2n) is 0.500. The zero-order valence-electron chi connectivity index (χ0n) is 2.82. The monoisotopic (exact) mass is 267 g/mol. The van der Waals surface area contributed by atoms with E-state index in [1.807, 2.05) is 0 Å². The van der Waals surface area contributed by atoms with E-state index >= 15 is 0 Å². The van der Waals surface area contributed by atoms with E-state index in [2.05, 4.69) is 6.92 Å². The first kappa shape index (κ1) is 8.97. The van der Waals surface area contributed by atoms with Crippen LogP contribution in [0.3, 0.4) is 0 Å². The molecule has 0 unspecified atom stereocenters. The van der Waals surface area contributed by atoms with E-state index in [4.69, 9.17) is 0 Å². The van der Waals surface area contributed by atoms with Crippen molar-refractivity contribution in [2.45, 2.75) is 10.9 Å². The maximum absolute atomic E-state index is 2.21. The summed E-state index contributed by atoms with van der Waals surface area (Å²) in [7, 11) is 0. The van der Waals surface area contributed by atoms with Crippen LogP contribution in [0.5, 0.6) is 0 Å². The first-order chi connectivity index (χ1) is 1.41. The quantitative estimate of drug-likeness (QED) is 0.581. The van der Waals surface area contributed by atoms with Crippen LogP contribution in [0.1, 0.15) is 6.92 Å².